The summed E-state index contributed by atoms with van der Waals surface area (Å²) in [6, 6.07) is 15.9. The molecule has 1 unspecified atom stereocenters. The quantitative estimate of drug-likeness (QED) is 0.465. The number of methoxy groups -OCH3 is 4. The van der Waals surface area contributed by atoms with E-state index in [1.54, 1.807) is 38.5 Å². The summed E-state index contributed by atoms with van der Waals surface area (Å²) in [6.07, 6.45) is 0.931. The number of hydrogen-bond donors (Lipinski definition) is 2. The summed E-state index contributed by atoms with van der Waals surface area (Å²) in [7, 11) is 5.83. The third-order valence-electron chi connectivity index (χ3n) is 7.71. The second-order valence-corrected chi connectivity index (χ2v) is 9.39. The molecule has 0 saturated heterocycles. The second kappa shape index (κ2) is 9.45. The monoisotopic (exact) mass is 516 g/mol. The number of carbonyl (C=O) groups excluding carboxylic acids is 2. The Hall–Kier alpha value is -4.46. The van der Waals surface area contributed by atoms with Crippen molar-refractivity contribution in [3.63, 3.8) is 0 Å². The first-order valence-electron chi connectivity index (χ1n) is 12.0. The Morgan fingerprint density at radius 1 is 0.789 bits per heavy atom. The van der Waals surface area contributed by atoms with Crippen LogP contribution in [0.15, 0.2) is 66.4 Å². The van der Waals surface area contributed by atoms with Crippen LogP contribution in [-0.4, -0.2) is 50.2 Å². The molecule has 0 aromatic heterocycles. The molecule has 2 aliphatic rings. The molecule has 0 fully saturated rings. The second-order valence-electron chi connectivity index (χ2n) is 9.39. The first kappa shape index (κ1) is 25.2. The van der Waals surface area contributed by atoms with E-state index in [9.17, 15) is 19.8 Å². The predicted molar refractivity (Wildman–Crippen MR) is 138 cm³/mol. The molecule has 0 bridgehead atoms. The van der Waals surface area contributed by atoms with Crippen LogP contribution in [0.2, 0.25) is 0 Å². The average Bonchev–Trinajstić information content (AvgIpc) is 3.24. The minimum Gasteiger partial charge on any atom is -0.507 e. The lowest BCUT2D eigenvalue weighted by molar-refractivity contribution is -0.129. The molecule has 1 spiro atoms. The zero-order valence-corrected chi connectivity index (χ0v) is 21.5. The van der Waals surface area contributed by atoms with Gasteiger partial charge in [-0.1, -0.05) is 24.3 Å². The van der Waals surface area contributed by atoms with Gasteiger partial charge in [-0.25, -0.2) is 0 Å². The predicted octanol–water partition coefficient (Wildman–Crippen LogP) is 4.36. The van der Waals surface area contributed by atoms with Gasteiger partial charge in [0.1, 0.15) is 17.2 Å². The van der Waals surface area contributed by atoms with Crippen molar-refractivity contribution in [3.8, 4) is 28.7 Å². The minimum atomic E-state index is -1.54. The molecule has 196 valence electrons. The maximum atomic E-state index is 14.2. The number of ketones is 2. The van der Waals surface area contributed by atoms with Crippen molar-refractivity contribution in [1.29, 1.82) is 0 Å². The number of rotatable bonds is 6. The summed E-state index contributed by atoms with van der Waals surface area (Å²) in [6.45, 7) is 0. The maximum absolute atomic E-state index is 14.2. The Balaban J connectivity index is 1.88. The van der Waals surface area contributed by atoms with Gasteiger partial charge in [0.25, 0.3) is 0 Å². The molecular weight excluding hydrogens is 488 g/mol. The lowest BCUT2D eigenvalue weighted by Crippen LogP contribution is -2.44. The third-order valence-corrected chi connectivity index (χ3v) is 7.71. The average molecular weight is 517 g/mol. The fourth-order valence-electron chi connectivity index (χ4n) is 6.04. The number of phenols is 2. The van der Waals surface area contributed by atoms with E-state index in [2.05, 4.69) is 0 Å². The number of hydrogen-bond acceptors (Lipinski definition) is 8. The number of aromatic hydroxyl groups is 2. The van der Waals surface area contributed by atoms with E-state index in [4.69, 9.17) is 18.9 Å². The highest BCUT2D eigenvalue weighted by Crippen LogP contribution is 2.66. The van der Waals surface area contributed by atoms with Gasteiger partial charge in [-0.15, -0.1) is 0 Å². The summed E-state index contributed by atoms with van der Waals surface area (Å²) in [4.78, 5) is 27.5. The molecule has 0 amide bonds. The number of benzene rings is 3. The Bertz CT molecular complexity index is 1440. The first-order valence-corrected chi connectivity index (χ1v) is 12.0. The Morgan fingerprint density at radius 3 is 1.89 bits per heavy atom. The van der Waals surface area contributed by atoms with Crippen LogP contribution in [0.25, 0.3) is 0 Å². The molecule has 8 heteroatoms. The molecule has 5 rings (SSSR count). The van der Waals surface area contributed by atoms with Crippen LogP contribution in [0.1, 0.15) is 40.5 Å². The van der Waals surface area contributed by atoms with E-state index in [1.165, 1.54) is 26.4 Å². The highest BCUT2D eigenvalue weighted by molar-refractivity contribution is 6.14. The van der Waals surface area contributed by atoms with E-state index in [1.807, 2.05) is 24.3 Å². The molecular formula is C30H28O8. The first-order chi connectivity index (χ1) is 18.3. The lowest BCUT2D eigenvalue weighted by Gasteiger charge is -2.38. The molecule has 38 heavy (non-hydrogen) atoms. The van der Waals surface area contributed by atoms with Crippen LogP contribution in [-0.2, 0) is 19.7 Å². The molecule has 3 atom stereocenters. The molecule has 0 aliphatic heterocycles. The van der Waals surface area contributed by atoms with Crippen LogP contribution in [0.3, 0.4) is 0 Å². The van der Waals surface area contributed by atoms with Gasteiger partial charge in [-0.2, -0.15) is 0 Å². The van der Waals surface area contributed by atoms with E-state index in [0.717, 1.165) is 11.1 Å². The fraction of sp³-hybridized carbons (Fsp3) is 0.267. The van der Waals surface area contributed by atoms with Crippen molar-refractivity contribution in [1.82, 2.24) is 0 Å². The molecule has 8 nitrogen and oxygen atoms in total. The van der Waals surface area contributed by atoms with Crippen LogP contribution in [0.5, 0.6) is 28.7 Å². The summed E-state index contributed by atoms with van der Waals surface area (Å²) in [5.41, 5.74) is 0.511. The van der Waals surface area contributed by atoms with Crippen LogP contribution in [0.4, 0.5) is 0 Å². The Kier molecular flexibility index (Phi) is 6.26. The van der Waals surface area contributed by atoms with Crippen molar-refractivity contribution >= 4 is 11.6 Å². The molecule has 0 heterocycles. The minimum absolute atomic E-state index is 0.00579. The Labute approximate surface area is 220 Å². The molecule has 3 aromatic rings. The van der Waals surface area contributed by atoms with Gasteiger partial charge >= 0.3 is 0 Å². The third kappa shape index (κ3) is 3.59. The topological polar surface area (TPSA) is 112 Å². The molecule has 0 saturated carbocycles. The number of allylic oxidation sites excluding steroid dienone is 2. The Morgan fingerprint density at radius 2 is 1.37 bits per heavy atom. The summed E-state index contributed by atoms with van der Waals surface area (Å²) in [5, 5.41) is 22.8. The lowest BCUT2D eigenvalue weighted by atomic mass is 9.61. The number of ether oxygens (including phenoxy) is 4. The van der Waals surface area contributed by atoms with Gasteiger partial charge in [-0.05, 0) is 35.4 Å². The van der Waals surface area contributed by atoms with Crippen LogP contribution in [0, 0.1) is 0 Å². The standard InChI is InChI=1S/C30H28O8/c1-35-18-9-5-16(6-10-18)25-26-20(31)13-23(38-4)29(34)28(26)30(15-21(32)22(37-3)14-24(30)33)27(25)17-7-11-19(36-2)12-8-17/h5-14,25,27,31,34H,15H2,1-4H3/t25-,27+,30?/m0/s1. The number of phenolic OH excluding ortho intramolecular Hbond substituents is 2. The van der Waals surface area contributed by atoms with Crippen molar-refractivity contribution in [2.45, 2.75) is 23.7 Å². The number of Topliss-reactive ketones (excluding diaryl/α,β-unsaturated/α-hetero) is 1. The zero-order valence-electron chi connectivity index (χ0n) is 21.5. The molecule has 3 aromatic carbocycles. The smallest absolute Gasteiger partial charge is 0.198 e. The number of fused-ring (bicyclic) bond motifs is 2. The van der Waals surface area contributed by atoms with Crippen molar-refractivity contribution < 1.29 is 38.7 Å². The van der Waals surface area contributed by atoms with Gasteiger partial charge in [0.15, 0.2) is 28.8 Å². The van der Waals surface area contributed by atoms with Crippen LogP contribution >= 0.6 is 0 Å². The highest BCUT2D eigenvalue weighted by atomic mass is 16.5. The van der Waals surface area contributed by atoms with Gasteiger partial charge in [0.2, 0.25) is 0 Å². The summed E-state index contributed by atoms with van der Waals surface area (Å²) >= 11 is 0. The fourth-order valence-corrected chi connectivity index (χ4v) is 6.04. The van der Waals surface area contributed by atoms with Crippen molar-refractivity contribution in [2.75, 3.05) is 28.4 Å². The molecule has 0 radical (unpaired) electrons. The van der Waals surface area contributed by atoms with Crippen molar-refractivity contribution in [3.05, 3.63) is 88.7 Å². The van der Waals surface area contributed by atoms with E-state index in [-0.39, 0.29) is 40.8 Å². The highest BCUT2D eigenvalue weighted by Gasteiger charge is 2.62. The largest absolute Gasteiger partial charge is 0.507 e. The summed E-state index contributed by atoms with van der Waals surface area (Å²) in [5.74, 6) is -1.27. The SMILES string of the molecule is COC1=CC(=O)C2(CC1=O)c1c(O)c(OC)cc(O)c1[C@H](c1ccc(OC)cc1)[C@H]2c1ccc(OC)cc1. The van der Waals surface area contributed by atoms with E-state index >= 15 is 0 Å². The number of carbonyl (C=O) groups is 2. The van der Waals surface area contributed by atoms with Gasteiger partial charge in [0, 0.05) is 41.5 Å². The van der Waals surface area contributed by atoms with Gasteiger partial charge in [-0.3, -0.25) is 9.59 Å². The maximum Gasteiger partial charge on any atom is 0.198 e. The van der Waals surface area contributed by atoms with Crippen LogP contribution < -0.4 is 14.2 Å². The van der Waals surface area contributed by atoms with Gasteiger partial charge < -0.3 is 29.2 Å². The zero-order chi connectivity index (χ0) is 27.2. The normalized spacial score (nSPS) is 22.2. The van der Waals surface area contributed by atoms with E-state index < -0.39 is 23.0 Å². The molecule has 2 N–H and O–H groups in total. The van der Waals surface area contributed by atoms with Crippen molar-refractivity contribution in [2.24, 2.45) is 0 Å². The molecule has 2 aliphatic carbocycles. The summed E-state index contributed by atoms with van der Waals surface area (Å²) < 4.78 is 21.2. The van der Waals surface area contributed by atoms with E-state index in [0.29, 0.717) is 17.1 Å². The van der Waals surface area contributed by atoms with Gasteiger partial charge in [0.05, 0.1) is 33.9 Å².